The Kier molecular flexibility index (Phi) is 4.47. The summed E-state index contributed by atoms with van der Waals surface area (Å²) in [7, 11) is 1.03. The molecule has 14 heavy (non-hydrogen) atoms. The Labute approximate surface area is 96.0 Å². The first-order valence-electron chi connectivity index (χ1n) is 4.53. The van der Waals surface area contributed by atoms with Crippen molar-refractivity contribution < 1.29 is 0 Å². The van der Waals surface area contributed by atoms with Gasteiger partial charge in [0.25, 0.3) is 0 Å². The van der Waals surface area contributed by atoms with Crippen LogP contribution in [0.3, 0.4) is 0 Å². The van der Waals surface area contributed by atoms with Crippen molar-refractivity contribution in [3.63, 3.8) is 0 Å². The van der Waals surface area contributed by atoms with Gasteiger partial charge in [0.05, 0.1) is 0 Å². The lowest BCUT2D eigenvalue weighted by molar-refractivity contribution is 1.75. The Bertz CT molecular complexity index is 321. The molecule has 0 aromatic heterocycles. The number of halogens is 1. The SMILES string of the molecule is B(c1ccccc1)c1ccccc1.Br. The predicted molar refractivity (Wildman–Crippen MR) is 69.6 cm³/mol. The van der Waals surface area contributed by atoms with Crippen molar-refractivity contribution in [1.29, 1.82) is 0 Å². The predicted octanol–water partition coefficient (Wildman–Crippen LogP) is 1.65. The highest BCUT2D eigenvalue weighted by Gasteiger charge is 1.95. The molecule has 2 heteroatoms. The van der Waals surface area contributed by atoms with Gasteiger partial charge in [-0.15, -0.1) is 17.0 Å². The first-order valence-corrected chi connectivity index (χ1v) is 4.53. The molecule has 0 fully saturated rings. The molecule has 2 rings (SSSR count). The van der Waals surface area contributed by atoms with E-state index in [0.29, 0.717) is 0 Å². The highest BCUT2D eigenvalue weighted by atomic mass is 79.9. The molecule has 0 unspecified atom stereocenters. The van der Waals surface area contributed by atoms with Gasteiger partial charge in [0.2, 0.25) is 0 Å². The van der Waals surface area contributed by atoms with Crippen LogP contribution >= 0.6 is 17.0 Å². The van der Waals surface area contributed by atoms with Crippen molar-refractivity contribution in [2.45, 2.75) is 0 Å². The fraction of sp³-hybridized carbons (Fsp3) is 0. The van der Waals surface area contributed by atoms with Gasteiger partial charge < -0.3 is 0 Å². The molecular weight excluding hydrogens is 235 g/mol. The van der Waals surface area contributed by atoms with E-state index >= 15 is 0 Å². The van der Waals surface area contributed by atoms with Crippen molar-refractivity contribution in [3.05, 3.63) is 60.7 Å². The van der Waals surface area contributed by atoms with E-state index in [4.69, 9.17) is 0 Å². The second-order valence-corrected chi connectivity index (χ2v) is 3.15. The normalized spacial score (nSPS) is 8.86. The lowest BCUT2D eigenvalue weighted by Gasteiger charge is -1.98. The van der Waals surface area contributed by atoms with Gasteiger partial charge in [0.1, 0.15) is 0 Å². The standard InChI is InChI=1S/C12H11B.BrH/c1-3-7-11(8-4-1)13-12-9-5-2-6-10-12;/h1-10,13H;1H. The summed E-state index contributed by atoms with van der Waals surface area (Å²) in [6, 6.07) is 21.1. The van der Waals surface area contributed by atoms with Crippen LogP contribution in [-0.4, -0.2) is 7.28 Å². The molecular formula is C12H12BBr. The zero-order valence-electron chi connectivity index (χ0n) is 7.89. The first-order chi connectivity index (χ1) is 6.45. The molecule has 0 amide bonds. The van der Waals surface area contributed by atoms with Gasteiger partial charge in [-0.05, 0) is 0 Å². The molecule has 2 aromatic rings. The molecule has 0 aliphatic carbocycles. The van der Waals surface area contributed by atoms with Gasteiger partial charge in [-0.1, -0.05) is 71.6 Å². The van der Waals surface area contributed by atoms with Gasteiger partial charge in [-0.2, -0.15) is 0 Å². The fourth-order valence-corrected chi connectivity index (χ4v) is 1.43. The summed E-state index contributed by atoms with van der Waals surface area (Å²) in [5.74, 6) is 0. The third-order valence-electron chi connectivity index (χ3n) is 2.09. The lowest BCUT2D eigenvalue weighted by Crippen LogP contribution is -2.26. The van der Waals surface area contributed by atoms with Gasteiger partial charge in [-0.25, -0.2) is 0 Å². The molecule has 0 heterocycles. The summed E-state index contributed by atoms with van der Waals surface area (Å²) in [4.78, 5) is 0. The summed E-state index contributed by atoms with van der Waals surface area (Å²) >= 11 is 0. The molecule has 0 N–H and O–H groups in total. The fourth-order valence-electron chi connectivity index (χ4n) is 1.43. The number of benzene rings is 2. The van der Waals surface area contributed by atoms with Crippen LogP contribution in [0.5, 0.6) is 0 Å². The summed E-state index contributed by atoms with van der Waals surface area (Å²) < 4.78 is 0. The summed E-state index contributed by atoms with van der Waals surface area (Å²) in [5.41, 5.74) is 2.74. The average molecular weight is 247 g/mol. The largest absolute Gasteiger partial charge is 0.192 e. The Morgan fingerprint density at radius 1 is 0.571 bits per heavy atom. The minimum absolute atomic E-state index is 0. The van der Waals surface area contributed by atoms with Crippen LogP contribution in [0.25, 0.3) is 0 Å². The maximum atomic E-state index is 2.16. The second-order valence-electron chi connectivity index (χ2n) is 3.15. The Balaban J connectivity index is 0.000000980. The first kappa shape index (κ1) is 11.1. The van der Waals surface area contributed by atoms with Crippen molar-refractivity contribution >= 4 is 35.2 Å². The molecule has 0 saturated heterocycles. The van der Waals surface area contributed by atoms with Crippen LogP contribution in [-0.2, 0) is 0 Å². The summed E-state index contributed by atoms with van der Waals surface area (Å²) in [5, 5.41) is 0. The molecule has 0 aliphatic rings. The zero-order chi connectivity index (χ0) is 8.93. The third-order valence-corrected chi connectivity index (χ3v) is 2.09. The Morgan fingerprint density at radius 3 is 1.29 bits per heavy atom. The smallest absolute Gasteiger partial charge is 0.114 e. The Hall–Kier alpha value is -1.02. The third kappa shape index (κ3) is 3.04. The Morgan fingerprint density at radius 2 is 0.929 bits per heavy atom. The molecule has 0 bridgehead atoms. The van der Waals surface area contributed by atoms with Crippen LogP contribution < -0.4 is 10.9 Å². The van der Waals surface area contributed by atoms with Gasteiger partial charge in [-0.3, -0.25) is 0 Å². The molecule has 0 saturated carbocycles. The lowest BCUT2D eigenvalue weighted by atomic mass is 9.64. The van der Waals surface area contributed by atoms with Crippen LogP contribution in [0.2, 0.25) is 0 Å². The molecule has 0 spiro atoms. The molecule has 0 nitrogen and oxygen atoms in total. The molecule has 0 aliphatic heterocycles. The van der Waals surface area contributed by atoms with Gasteiger partial charge in [0.15, 0.2) is 7.28 Å². The van der Waals surface area contributed by atoms with E-state index in [-0.39, 0.29) is 17.0 Å². The average Bonchev–Trinajstić information content (AvgIpc) is 2.21. The van der Waals surface area contributed by atoms with Crippen molar-refractivity contribution in [2.24, 2.45) is 0 Å². The number of hydrogen-bond donors (Lipinski definition) is 0. The minimum Gasteiger partial charge on any atom is -0.114 e. The number of rotatable bonds is 2. The van der Waals surface area contributed by atoms with Crippen LogP contribution in [0, 0.1) is 0 Å². The molecule has 70 valence electrons. The van der Waals surface area contributed by atoms with E-state index < -0.39 is 0 Å². The minimum atomic E-state index is 0. The molecule has 0 radical (unpaired) electrons. The zero-order valence-corrected chi connectivity index (χ0v) is 9.60. The van der Waals surface area contributed by atoms with E-state index in [0.717, 1.165) is 7.28 Å². The topological polar surface area (TPSA) is 0 Å². The highest BCUT2D eigenvalue weighted by molar-refractivity contribution is 8.93. The van der Waals surface area contributed by atoms with E-state index in [1.54, 1.807) is 0 Å². The second kappa shape index (κ2) is 5.66. The monoisotopic (exact) mass is 246 g/mol. The van der Waals surface area contributed by atoms with Crippen LogP contribution in [0.1, 0.15) is 0 Å². The number of hydrogen-bond acceptors (Lipinski definition) is 0. The van der Waals surface area contributed by atoms with E-state index in [2.05, 4.69) is 60.7 Å². The quantitative estimate of drug-likeness (QED) is 0.708. The summed E-state index contributed by atoms with van der Waals surface area (Å²) in [6.07, 6.45) is 0. The molecule has 0 atom stereocenters. The van der Waals surface area contributed by atoms with Crippen molar-refractivity contribution in [3.8, 4) is 0 Å². The van der Waals surface area contributed by atoms with Gasteiger partial charge >= 0.3 is 0 Å². The van der Waals surface area contributed by atoms with E-state index in [1.807, 2.05) is 0 Å². The van der Waals surface area contributed by atoms with E-state index in [1.165, 1.54) is 10.9 Å². The van der Waals surface area contributed by atoms with Gasteiger partial charge in [0, 0.05) is 0 Å². The molecule has 2 aromatic carbocycles. The maximum absolute atomic E-state index is 2.16. The van der Waals surface area contributed by atoms with Crippen molar-refractivity contribution in [1.82, 2.24) is 0 Å². The van der Waals surface area contributed by atoms with E-state index in [9.17, 15) is 0 Å². The highest BCUT2D eigenvalue weighted by Crippen LogP contribution is 1.84. The van der Waals surface area contributed by atoms with Crippen LogP contribution in [0.4, 0.5) is 0 Å². The van der Waals surface area contributed by atoms with Crippen molar-refractivity contribution in [2.75, 3.05) is 0 Å². The maximum Gasteiger partial charge on any atom is 0.192 e. The summed E-state index contributed by atoms with van der Waals surface area (Å²) in [6.45, 7) is 0. The van der Waals surface area contributed by atoms with Crippen LogP contribution in [0.15, 0.2) is 60.7 Å².